The largest absolute Gasteiger partial charge is 0.423 e. The van der Waals surface area contributed by atoms with Gasteiger partial charge in [-0.2, -0.15) is 0 Å². The molecule has 0 bridgehead atoms. The van der Waals surface area contributed by atoms with E-state index in [1.807, 2.05) is 108 Å². The Hall–Kier alpha value is -6.24. The van der Waals surface area contributed by atoms with Crippen molar-refractivity contribution in [2.45, 2.75) is 91.9 Å². The van der Waals surface area contributed by atoms with Crippen LogP contribution in [0.3, 0.4) is 0 Å². The molecule has 6 nitrogen and oxygen atoms in total. The average Bonchev–Trinajstić information content (AvgIpc) is 1.30. The lowest BCUT2D eigenvalue weighted by Crippen LogP contribution is -2.25. The highest BCUT2D eigenvalue weighted by Gasteiger charge is 2.32. The van der Waals surface area contributed by atoms with Gasteiger partial charge in [-0.1, -0.05) is 128 Å². The molecule has 86 heavy (non-hydrogen) atoms. The molecule has 0 unspecified atom stereocenters. The first kappa shape index (κ1) is 64.2. The fraction of sp³-hybridized carbons (Fsp3) is 0.113. The number of benzene rings is 9. The molecule has 0 aliphatic carbocycles. The summed E-state index contributed by atoms with van der Waals surface area (Å²) >= 11 is 14.9. The second-order valence-corrected chi connectivity index (χ2v) is 29.0. The Kier molecular flexibility index (Phi) is 24.8. The first-order valence-electron chi connectivity index (χ1n) is 27.5. The Balaban J connectivity index is 0.826. The maximum absolute atomic E-state index is 13.1. The zero-order valence-electron chi connectivity index (χ0n) is 47.5. The van der Waals surface area contributed by atoms with Gasteiger partial charge in [0, 0.05) is 82.4 Å². The monoisotopic (exact) mass is 1300 g/mol. The Morgan fingerprint density at radius 3 is 0.709 bits per heavy atom. The minimum absolute atomic E-state index is 0.388. The van der Waals surface area contributed by atoms with Gasteiger partial charge in [-0.25, -0.2) is 14.4 Å². The van der Waals surface area contributed by atoms with Gasteiger partial charge in [0.25, 0.3) is 0 Å². The molecular weight excluding hydrogens is 1240 g/mol. The van der Waals surface area contributed by atoms with Crippen molar-refractivity contribution in [3.8, 4) is 17.2 Å². The lowest BCUT2D eigenvalue weighted by molar-refractivity contribution is -0.129. The van der Waals surface area contributed by atoms with Crippen LogP contribution in [0.25, 0.3) is 0 Å². The predicted molar refractivity (Wildman–Crippen MR) is 367 cm³/mol. The van der Waals surface area contributed by atoms with Crippen LogP contribution in [0.4, 0.5) is 0 Å². The highest BCUT2D eigenvalue weighted by molar-refractivity contribution is 8.03. The molecule has 0 aliphatic rings. The molecule has 0 aliphatic heterocycles. The molecule has 0 saturated heterocycles. The molecular formula is C71H60O6S9. The van der Waals surface area contributed by atoms with Crippen molar-refractivity contribution in [1.29, 1.82) is 0 Å². The molecule has 0 radical (unpaired) electrons. The summed E-state index contributed by atoms with van der Waals surface area (Å²) in [6, 6.07) is 72.8. The van der Waals surface area contributed by atoms with Crippen molar-refractivity contribution in [3.63, 3.8) is 0 Å². The molecule has 0 fully saturated rings. The van der Waals surface area contributed by atoms with Crippen LogP contribution in [0.5, 0.6) is 17.2 Å². The van der Waals surface area contributed by atoms with Gasteiger partial charge in [-0.3, -0.25) is 0 Å². The Morgan fingerprint density at radius 2 is 0.500 bits per heavy atom. The van der Waals surface area contributed by atoms with Gasteiger partial charge < -0.3 is 14.2 Å². The molecule has 0 saturated carbocycles. The number of carbonyl (C=O) groups excluding carboxylic acids is 3. The molecule has 9 aromatic carbocycles. The Morgan fingerprint density at radius 1 is 0.302 bits per heavy atom. The van der Waals surface area contributed by atoms with E-state index in [1.54, 1.807) is 87.9 Å². The summed E-state index contributed by atoms with van der Waals surface area (Å²) in [7, 11) is 0. The predicted octanol–water partition coefficient (Wildman–Crippen LogP) is 21.5. The van der Waals surface area contributed by atoms with Gasteiger partial charge in [0.1, 0.15) is 17.2 Å². The summed E-state index contributed by atoms with van der Waals surface area (Å²) in [5, 5.41) is 5.19. The minimum atomic E-state index is -0.775. The molecule has 434 valence electrons. The third-order valence-electron chi connectivity index (χ3n) is 12.8. The van der Waals surface area contributed by atoms with E-state index in [9.17, 15) is 14.4 Å². The van der Waals surface area contributed by atoms with Crippen LogP contribution in [0.1, 0.15) is 44.4 Å². The van der Waals surface area contributed by atoms with E-state index in [4.69, 9.17) is 14.2 Å². The number of rotatable bonds is 27. The Bertz CT molecular complexity index is 3330. The van der Waals surface area contributed by atoms with Crippen LogP contribution in [0.2, 0.25) is 0 Å². The number of carbonyl (C=O) groups is 3. The topological polar surface area (TPSA) is 78.9 Å². The van der Waals surface area contributed by atoms with E-state index in [1.165, 1.54) is 82.9 Å². The van der Waals surface area contributed by atoms with Crippen LogP contribution >= 0.6 is 106 Å². The van der Waals surface area contributed by atoms with Crippen LogP contribution in [0, 0.1) is 0 Å². The van der Waals surface area contributed by atoms with Crippen LogP contribution < -0.4 is 14.2 Å². The smallest absolute Gasteiger partial charge is 0.336 e. The van der Waals surface area contributed by atoms with E-state index < -0.39 is 23.3 Å². The van der Waals surface area contributed by atoms with Crippen LogP contribution in [0.15, 0.2) is 312 Å². The first-order chi connectivity index (χ1) is 42.0. The third kappa shape index (κ3) is 19.6. The summed E-state index contributed by atoms with van der Waals surface area (Å²) in [5.41, 5.74) is 1.91. The average molecular weight is 1300 g/mol. The van der Waals surface area contributed by atoms with Crippen molar-refractivity contribution < 1.29 is 28.6 Å². The van der Waals surface area contributed by atoms with Crippen molar-refractivity contribution in [3.05, 3.63) is 270 Å². The molecule has 0 spiro atoms. The molecule has 15 heteroatoms. The van der Waals surface area contributed by atoms with Gasteiger partial charge in [0.05, 0.1) is 0 Å². The lowest BCUT2D eigenvalue weighted by Gasteiger charge is -2.32. The zero-order valence-corrected chi connectivity index (χ0v) is 54.8. The summed E-state index contributed by atoms with van der Waals surface area (Å²) in [6.45, 7) is 8.55. The summed E-state index contributed by atoms with van der Waals surface area (Å²) in [5.74, 6) is 2.81. The van der Waals surface area contributed by atoms with Gasteiger partial charge in [-0.15, -0.1) is 35.3 Å². The SMILES string of the molecule is CCSc1ccc(Sc2ccc(S/C=C/C(=O)Oc3ccc(C(C)(c4ccc(OC(=O)/C=C/Sc5ccc(Sc6ccc(SCC)cc6)cc5)cc4)c4ccc(OC(=O)/C=C/Sc5ccc(Sc6ccc(SCC)cc6)cc5)cc4)cc3)cc2)cc1. The molecule has 0 aromatic heterocycles. The summed E-state index contributed by atoms with van der Waals surface area (Å²) in [4.78, 5) is 53.0. The maximum atomic E-state index is 13.1. The van der Waals surface area contributed by atoms with E-state index in [-0.39, 0.29) is 0 Å². The number of ether oxygens (including phenoxy) is 3. The fourth-order valence-electron chi connectivity index (χ4n) is 8.50. The zero-order chi connectivity index (χ0) is 59.9. The quantitative estimate of drug-likeness (QED) is 0.0161. The van der Waals surface area contributed by atoms with Crippen LogP contribution in [-0.4, -0.2) is 35.2 Å². The highest BCUT2D eigenvalue weighted by Crippen LogP contribution is 2.42. The molecule has 0 atom stereocenters. The molecule has 9 aromatic rings. The second kappa shape index (κ2) is 33.2. The van der Waals surface area contributed by atoms with Gasteiger partial charge in [-0.05, 0) is 239 Å². The summed E-state index contributed by atoms with van der Waals surface area (Å²) in [6.07, 6.45) is 4.27. The number of esters is 3. The number of thioether (sulfide) groups is 6. The highest BCUT2D eigenvalue weighted by atomic mass is 32.2. The van der Waals surface area contributed by atoms with E-state index in [0.717, 1.165) is 63.3 Å². The standard InChI is InChI=1S/C71H60O6S9/c1-5-78-56-20-32-62(33-21-56)84-65-38-26-59(27-39-65)81-47-44-68(72)75-53-14-8-50(9-15-53)71(4,51-10-16-54(17-11-51)76-69(73)45-48-82-60-28-40-66(41-29-60)85-63-34-22-57(23-35-63)79-6-2)52-12-18-55(19-13-52)77-70(74)46-49-83-61-30-42-67(43-31-61)86-64-36-24-58(25-37-64)80-7-3/h8-49H,5-7H2,1-4H3/b47-44+,48-45+,49-46+. The summed E-state index contributed by atoms with van der Waals surface area (Å²) < 4.78 is 17.3. The van der Waals surface area contributed by atoms with Crippen LogP contribution in [-0.2, 0) is 19.8 Å². The van der Waals surface area contributed by atoms with Gasteiger partial charge in [0.15, 0.2) is 0 Å². The molecule has 0 amide bonds. The molecule has 9 rings (SSSR count). The first-order valence-corrected chi connectivity index (χ1v) is 35.5. The molecule has 0 heterocycles. The van der Waals surface area contributed by atoms with Gasteiger partial charge >= 0.3 is 17.9 Å². The Labute approximate surface area is 543 Å². The molecule has 0 N–H and O–H groups in total. The lowest BCUT2D eigenvalue weighted by atomic mass is 9.71. The number of hydrogen-bond donors (Lipinski definition) is 0. The van der Waals surface area contributed by atoms with E-state index in [2.05, 4.69) is 137 Å². The van der Waals surface area contributed by atoms with E-state index >= 15 is 0 Å². The van der Waals surface area contributed by atoms with Gasteiger partial charge in [0.2, 0.25) is 0 Å². The van der Waals surface area contributed by atoms with E-state index in [0.29, 0.717) is 17.2 Å². The number of hydrogen-bond acceptors (Lipinski definition) is 15. The minimum Gasteiger partial charge on any atom is -0.423 e. The van der Waals surface area contributed by atoms with Crippen molar-refractivity contribution in [2.75, 3.05) is 17.3 Å². The maximum Gasteiger partial charge on any atom is 0.336 e. The normalized spacial score (nSPS) is 11.6. The van der Waals surface area contributed by atoms with Crippen molar-refractivity contribution in [2.24, 2.45) is 0 Å². The fourth-order valence-corrected chi connectivity index (χ4v) is 14.8. The third-order valence-corrected chi connectivity index (χ3v) is 20.9. The van der Waals surface area contributed by atoms with Crippen molar-refractivity contribution in [1.82, 2.24) is 0 Å². The second-order valence-electron chi connectivity index (χ2n) is 18.7. The van der Waals surface area contributed by atoms with Crippen molar-refractivity contribution >= 4 is 124 Å².